The Hall–Kier alpha value is -0.710. The summed E-state index contributed by atoms with van der Waals surface area (Å²) in [6, 6.07) is 0.556. The molecule has 3 N–H and O–H groups in total. The van der Waals surface area contributed by atoms with Gasteiger partial charge < -0.3 is 10.4 Å². The van der Waals surface area contributed by atoms with Crippen molar-refractivity contribution in [2.75, 3.05) is 11.5 Å². The van der Waals surface area contributed by atoms with Crippen molar-refractivity contribution in [3.63, 3.8) is 0 Å². The maximum atomic E-state index is 9.00. The van der Waals surface area contributed by atoms with Crippen LogP contribution in [-0.2, 0) is 4.79 Å². The zero-order valence-corrected chi connectivity index (χ0v) is 10.2. The number of rotatable bonds is 2. The average molecular weight is 232 g/mol. The first-order chi connectivity index (χ1) is 7.06. The summed E-state index contributed by atoms with van der Waals surface area (Å²) >= 11 is 1.96. The van der Waals surface area contributed by atoms with E-state index in [2.05, 4.69) is 12.2 Å². The second-order valence-corrected chi connectivity index (χ2v) is 4.60. The molecule has 88 valence electrons. The first-order valence-electron chi connectivity index (χ1n) is 5.17. The quantitative estimate of drug-likeness (QED) is 0.680. The lowest BCUT2D eigenvalue weighted by Crippen LogP contribution is -2.34. The maximum absolute atomic E-state index is 9.00. The van der Waals surface area contributed by atoms with E-state index in [-0.39, 0.29) is 0 Å². The van der Waals surface area contributed by atoms with Crippen LogP contribution in [0, 0.1) is 5.41 Å². The minimum Gasteiger partial charge on any atom is -0.481 e. The molecule has 1 rings (SSSR count). The molecule has 5 heteroatoms. The van der Waals surface area contributed by atoms with E-state index >= 15 is 0 Å². The van der Waals surface area contributed by atoms with Crippen LogP contribution in [0.1, 0.15) is 33.1 Å². The van der Waals surface area contributed by atoms with Gasteiger partial charge in [-0.2, -0.15) is 11.8 Å². The smallest absolute Gasteiger partial charge is 0.300 e. The highest BCUT2D eigenvalue weighted by Gasteiger charge is 2.12. The van der Waals surface area contributed by atoms with Crippen molar-refractivity contribution < 1.29 is 9.90 Å². The summed E-state index contributed by atoms with van der Waals surface area (Å²) < 4.78 is 0. The zero-order chi connectivity index (χ0) is 11.7. The van der Waals surface area contributed by atoms with Gasteiger partial charge >= 0.3 is 0 Å². The number of hydrogen-bond donors (Lipinski definition) is 3. The lowest BCUT2D eigenvalue weighted by atomic mass is 10.2. The molecule has 0 aromatic carbocycles. The van der Waals surface area contributed by atoms with Gasteiger partial charge in [0.1, 0.15) is 0 Å². The van der Waals surface area contributed by atoms with E-state index in [4.69, 9.17) is 15.3 Å². The van der Waals surface area contributed by atoms with Crippen molar-refractivity contribution in [3.05, 3.63) is 0 Å². The molecule has 1 saturated heterocycles. The van der Waals surface area contributed by atoms with Crippen LogP contribution >= 0.6 is 11.8 Å². The summed E-state index contributed by atoms with van der Waals surface area (Å²) in [7, 11) is 0. The Morgan fingerprint density at radius 2 is 2.33 bits per heavy atom. The summed E-state index contributed by atoms with van der Waals surface area (Å²) in [5.41, 5.74) is 0. The average Bonchev–Trinajstić information content (AvgIpc) is 2.29. The minimum absolute atomic E-state index is 0.556. The van der Waals surface area contributed by atoms with Crippen LogP contribution in [0.3, 0.4) is 0 Å². The molecule has 0 spiro atoms. The van der Waals surface area contributed by atoms with Crippen LogP contribution < -0.4 is 5.32 Å². The third-order valence-corrected chi connectivity index (χ3v) is 2.96. The number of aliphatic carboxylic acids is 1. The van der Waals surface area contributed by atoms with E-state index in [1.165, 1.54) is 18.6 Å². The number of carbonyl (C=O) groups is 1. The Morgan fingerprint density at radius 3 is 2.87 bits per heavy atom. The highest BCUT2D eigenvalue weighted by atomic mass is 32.2. The van der Waals surface area contributed by atoms with Crippen LogP contribution in [0.25, 0.3) is 0 Å². The number of carboxylic acids is 1. The molecule has 1 atom stereocenters. The summed E-state index contributed by atoms with van der Waals surface area (Å²) in [4.78, 5) is 9.00. The van der Waals surface area contributed by atoms with Gasteiger partial charge in [-0.3, -0.25) is 10.2 Å². The van der Waals surface area contributed by atoms with E-state index in [1.807, 2.05) is 11.8 Å². The molecule has 0 aromatic rings. The molecular formula is C10H20N2O2S. The minimum atomic E-state index is -0.833. The zero-order valence-electron chi connectivity index (χ0n) is 9.38. The Morgan fingerprint density at radius 1 is 1.73 bits per heavy atom. The third kappa shape index (κ3) is 9.59. The van der Waals surface area contributed by atoms with Gasteiger partial charge in [-0.1, -0.05) is 13.3 Å². The molecule has 0 unspecified atom stereocenters. The van der Waals surface area contributed by atoms with Gasteiger partial charge in [-0.15, -0.1) is 0 Å². The van der Waals surface area contributed by atoms with Crippen molar-refractivity contribution >= 4 is 23.6 Å². The highest BCUT2D eigenvalue weighted by molar-refractivity contribution is 7.99. The van der Waals surface area contributed by atoms with Crippen LogP contribution in [0.15, 0.2) is 0 Å². The summed E-state index contributed by atoms with van der Waals surface area (Å²) in [5, 5.41) is 18.2. The highest BCUT2D eigenvalue weighted by Crippen LogP contribution is 2.12. The van der Waals surface area contributed by atoms with Gasteiger partial charge in [-0.25, -0.2) is 0 Å². The Kier molecular flexibility index (Phi) is 8.18. The predicted octanol–water partition coefficient (Wildman–Crippen LogP) is 1.95. The molecule has 0 radical (unpaired) electrons. The third-order valence-electron chi connectivity index (χ3n) is 1.83. The SMILES string of the molecule is CC(=O)O.CCC[C@@H]1CSCCC(=N)N1. The molecule has 0 amide bonds. The summed E-state index contributed by atoms with van der Waals surface area (Å²) in [5.74, 6) is 2.19. The second kappa shape index (κ2) is 8.59. The molecule has 15 heavy (non-hydrogen) atoms. The second-order valence-electron chi connectivity index (χ2n) is 3.45. The molecule has 0 saturated carbocycles. The standard InChI is InChI=1S/C8H16N2S.C2H4O2/c1-2-3-7-6-11-5-4-8(9)10-7;1-2(3)4/h7H,2-6H2,1H3,(H2,9,10);1H3,(H,3,4)/t7-;/m1./s1. The van der Waals surface area contributed by atoms with Gasteiger partial charge in [0.05, 0.1) is 5.84 Å². The number of nitrogens with one attached hydrogen (secondary N) is 2. The van der Waals surface area contributed by atoms with E-state index < -0.39 is 5.97 Å². The number of hydrogen-bond acceptors (Lipinski definition) is 3. The first-order valence-corrected chi connectivity index (χ1v) is 6.33. The first kappa shape index (κ1) is 14.3. The molecule has 4 nitrogen and oxygen atoms in total. The van der Waals surface area contributed by atoms with Crippen molar-refractivity contribution in [1.82, 2.24) is 5.32 Å². The Labute approximate surface area is 95.3 Å². The van der Waals surface area contributed by atoms with Crippen LogP contribution in [0.2, 0.25) is 0 Å². The van der Waals surface area contributed by atoms with Gasteiger partial charge in [-0.05, 0) is 6.42 Å². The van der Waals surface area contributed by atoms with E-state index in [1.54, 1.807) is 0 Å². The maximum Gasteiger partial charge on any atom is 0.300 e. The largest absolute Gasteiger partial charge is 0.481 e. The van der Waals surface area contributed by atoms with Crippen molar-refractivity contribution in [2.45, 2.75) is 39.2 Å². The molecule has 1 aliphatic heterocycles. The van der Waals surface area contributed by atoms with Crippen molar-refractivity contribution in [1.29, 1.82) is 5.41 Å². The topological polar surface area (TPSA) is 73.2 Å². The Balaban J connectivity index is 0.000000423. The summed E-state index contributed by atoms with van der Waals surface area (Å²) in [6.45, 7) is 3.28. The fourth-order valence-corrected chi connectivity index (χ4v) is 2.31. The monoisotopic (exact) mass is 232 g/mol. The van der Waals surface area contributed by atoms with E-state index in [0.717, 1.165) is 24.9 Å². The molecular weight excluding hydrogens is 212 g/mol. The Bertz CT molecular complexity index is 206. The molecule has 0 aromatic heterocycles. The van der Waals surface area contributed by atoms with Gasteiger partial charge in [0.15, 0.2) is 0 Å². The van der Waals surface area contributed by atoms with Crippen LogP contribution in [0.5, 0.6) is 0 Å². The van der Waals surface area contributed by atoms with Crippen molar-refractivity contribution in [2.24, 2.45) is 0 Å². The normalized spacial score (nSPS) is 20.7. The van der Waals surface area contributed by atoms with Gasteiger partial charge in [0.2, 0.25) is 0 Å². The number of thioether (sulfide) groups is 1. The number of amidine groups is 1. The van der Waals surface area contributed by atoms with E-state index in [0.29, 0.717) is 6.04 Å². The summed E-state index contributed by atoms with van der Waals surface area (Å²) in [6.07, 6.45) is 3.34. The molecule has 0 bridgehead atoms. The predicted molar refractivity (Wildman–Crippen MR) is 64.8 cm³/mol. The number of carboxylic acid groups (broad SMARTS) is 1. The van der Waals surface area contributed by atoms with Crippen LogP contribution in [-0.4, -0.2) is 34.5 Å². The molecule has 1 aliphatic rings. The lowest BCUT2D eigenvalue weighted by molar-refractivity contribution is -0.134. The molecule has 0 aliphatic carbocycles. The van der Waals surface area contributed by atoms with Gasteiger partial charge in [0, 0.05) is 30.9 Å². The van der Waals surface area contributed by atoms with Gasteiger partial charge in [0.25, 0.3) is 5.97 Å². The fourth-order valence-electron chi connectivity index (χ4n) is 1.26. The lowest BCUT2D eigenvalue weighted by Gasteiger charge is -2.14. The fraction of sp³-hybridized carbons (Fsp3) is 0.800. The molecule has 1 heterocycles. The van der Waals surface area contributed by atoms with Crippen molar-refractivity contribution in [3.8, 4) is 0 Å². The molecule has 1 fully saturated rings. The van der Waals surface area contributed by atoms with E-state index in [9.17, 15) is 0 Å². The van der Waals surface area contributed by atoms with Crippen LogP contribution in [0.4, 0.5) is 0 Å².